The van der Waals surface area contributed by atoms with Gasteiger partial charge in [-0.3, -0.25) is 9.36 Å². The van der Waals surface area contributed by atoms with E-state index in [1.54, 1.807) is 24.3 Å². The number of aromatic carboxylic acids is 1. The first-order valence-corrected chi connectivity index (χ1v) is 8.50. The van der Waals surface area contributed by atoms with E-state index >= 15 is 0 Å². The van der Waals surface area contributed by atoms with Crippen LogP contribution in [-0.2, 0) is 0 Å². The third-order valence-electron chi connectivity index (χ3n) is 4.25. The molecule has 3 aromatic rings. The van der Waals surface area contributed by atoms with Crippen LogP contribution in [0.3, 0.4) is 0 Å². The smallest absolute Gasteiger partial charge is 0.335 e. The van der Waals surface area contributed by atoms with Crippen molar-refractivity contribution < 1.29 is 14.6 Å². The molecular weight excluding hydrogens is 346 g/mol. The van der Waals surface area contributed by atoms with Crippen molar-refractivity contribution in [3.63, 3.8) is 0 Å². The van der Waals surface area contributed by atoms with Gasteiger partial charge in [0.05, 0.1) is 22.2 Å². The van der Waals surface area contributed by atoms with E-state index in [1.807, 2.05) is 25.9 Å². The quantitative estimate of drug-likeness (QED) is 0.720. The highest BCUT2D eigenvalue weighted by molar-refractivity contribution is 5.88. The van der Waals surface area contributed by atoms with E-state index in [2.05, 4.69) is 4.98 Å². The number of carboxylic acids is 1. The Labute approximate surface area is 156 Å². The van der Waals surface area contributed by atoms with Crippen LogP contribution in [0.1, 0.15) is 15.9 Å². The molecule has 0 saturated carbocycles. The predicted molar refractivity (Wildman–Crippen MR) is 103 cm³/mol. The van der Waals surface area contributed by atoms with E-state index in [0.717, 1.165) is 12.1 Å². The van der Waals surface area contributed by atoms with Gasteiger partial charge in [-0.15, -0.1) is 0 Å². The summed E-state index contributed by atoms with van der Waals surface area (Å²) in [6, 6.07) is 9.86. The number of rotatable bonds is 6. The third kappa shape index (κ3) is 3.98. The summed E-state index contributed by atoms with van der Waals surface area (Å²) in [7, 11) is 3.92. The number of aromatic nitrogens is 2. The maximum atomic E-state index is 13.0. The van der Waals surface area contributed by atoms with Gasteiger partial charge in [-0.25, -0.2) is 9.78 Å². The molecule has 1 N–H and O–H groups in total. The zero-order valence-electron chi connectivity index (χ0n) is 15.5. The summed E-state index contributed by atoms with van der Waals surface area (Å²) in [6.07, 6.45) is 1.42. The molecule has 7 heteroatoms. The van der Waals surface area contributed by atoms with E-state index in [9.17, 15) is 14.7 Å². The van der Waals surface area contributed by atoms with Gasteiger partial charge in [0, 0.05) is 6.54 Å². The van der Waals surface area contributed by atoms with Crippen LogP contribution >= 0.6 is 0 Å². The van der Waals surface area contributed by atoms with Gasteiger partial charge in [0.15, 0.2) is 0 Å². The number of hydrogen-bond donors (Lipinski definition) is 1. The molecule has 0 saturated heterocycles. The minimum Gasteiger partial charge on any atom is -0.492 e. The van der Waals surface area contributed by atoms with Gasteiger partial charge in [-0.1, -0.05) is 6.07 Å². The van der Waals surface area contributed by atoms with Crippen LogP contribution in [0.25, 0.3) is 16.6 Å². The molecule has 0 aliphatic rings. The molecule has 0 unspecified atom stereocenters. The Kier molecular flexibility index (Phi) is 5.23. The molecule has 140 valence electrons. The molecule has 0 aliphatic heterocycles. The Morgan fingerprint density at radius 2 is 2.00 bits per heavy atom. The van der Waals surface area contributed by atoms with E-state index in [0.29, 0.717) is 28.9 Å². The molecule has 1 aromatic heterocycles. The number of hydrogen-bond acceptors (Lipinski definition) is 5. The lowest BCUT2D eigenvalue weighted by Gasteiger charge is -2.13. The molecule has 0 bridgehead atoms. The number of ether oxygens (including phenoxy) is 1. The summed E-state index contributed by atoms with van der Waals surface area (Å²) in [5.41, 5.74) is 1.67. The summed E-state index contributed by atoms with van der Waals surface area (Å²) < 4.78 is 7.07. The third-order valence-corrected chi connectivity index (χ3v) is 4.25. The number of aryl methyl sites for hydroxylation is 1. The van der Waals surface area contributed by atoms with Gasteiger partial charge < -0.3 is 14.7 Å². The second-order valence-corrected chi connectivity index (χ2v) is 6.56. The summed E-state index contributed by atoms with van der Waals surface area (Å²) in [5.74, 6) is -0.452. The summed E-state index contributed by atoms with van der Waals surface area (Å²) >= 11 is 0. The fraction of sp³-hybridized carbons (Fsp3) is 0.250. The first-order chi connectivity index (χ1) is 12.9. The van der Waals surface area contributed by atoms with Gasteiger partial charge in [-0.2, -0.15) is 0 Å². The SMILES string of the molecule is Cc1ccc(C(=O)O)cc1-n1cnc2ccc(OCCN(C)C)cc2c1=O. The van der Waals surface area contributed by atoms with E-state index in [1.165, 1.54) is 23.0 Å². The molecular formula is C20H21N3O4. The fourth-order valence-corrected chi connectivity index (χ4v) is 2.71. The summed E-state index contributed by atoms with van der Waals surface area (Å²) in [6.45, 7) is 3.08. The molecule has 1 heterocycles. The molecule has 3 rings (SSSR count). The largest absolute Gasteiger partial charge is 0.492 e. The van der Waals surface area contributed by atoms with Gasteiger partial charge >= 0.3 is 5.97 Å². The average molecular weight is 367 g/mol. The monoisotopic (exact) mass is 367 g/mol. The Hall–Kier alpha value is -3.19. The van der Waals surface area contributed by atoms with Crippen molar-refractivity contribution in [2.24, 2.45) is 0 Å². The first kappa shape index (κ1) is 18.6. The molecule has 27 heavy (non-hydrogen) atoms. The van der Waals surface area contributed by atoms with Crippen molar-refractivity contribution in [2.75, 3.05) is 27.2 Å². The van der Waals surface area contributed by atoms with Crippen molar-refractivity contribution in [2.45, 2.75) is 6.92 Å². The van der Waals surface area contributed by atoms with Crippen LogP contribution < -0.4 is 10.3 Å². The van der Waals surface area contributed by atoms with Crippen LogP contribution in [-0.4, -0.2) is 52.8 Å². The second kappa shape index (κ2) is 7.59. The number of carbonyl (C=O) groups is 1. The van der Waals surface area contributed by atoms with Crippen molar-refractivity contribution in [1.29, 1.82) is 0 Å². The van der Waals surface area contributed by atoms with Gasteiger partial charge in [0.25, 0.3) is 5.56 Å². The Bertz CT molecular complexity index is 1060. The van der Waals surface area contributed by atoms with E-state index in [4.69, 9.17) is 4.74 Å². The zero-order valence-corrected chi connectivity index (χ0v) is 15.5. The lowest BCUT2D eigenvalue weighted by molar-refractivity contribution is 0.0697. The molecule has 0 atom stereocenters. The highest BCUT2D eigenvalue weighted by Gasteiger charge is 2.12. The highest BCUT2D eigenvalue weighted by atomic mass is 16.5. The van der Waals surface area contributed by atoms with Crippen LogP contribution in [0.4, 0.5) is 0 Å². The van der Waals surface area contributed by atoms with Crippen LogP contribution in [0.5, 0.6) is 5.75 Å². The molecule has 0 radical (unpaired) electrons. The predicted octanol–water partition coefficient (Wildman–Crippen LogP) is 2.33. The van der Waals surface area contributed by atoms with Gasteiger partial charge in [-0.05, 0) is 56.9 Å². The summed E-state index contributed by atoms with van der Waals surface area (Å²) in [4.78, 5) is 30.6. The molecule has 0 aliphatic carbocycles. The van der Waals surface area contributed by atoms with Crippen molar-refractivity contribution >= 4 is 16.9 Å². The maximum Gasteiger partial charge on any atom is 0.335 e. The standard InChI is InChI=1S/C20H21N3O4/c1-13-4-5-14(20(25)26)10-18(13)23-12-21-17-7-6-15(11-16(17)19(23)24)27-9-8-22(2)3/h4-7,10-12H,8-9H2,1-3H3,(H,25,26). The Morgan fingerprint density at radius 3 is 2.70 bits per heavy atom. The average Bonchev–Trinajstić information content (AvgIpc) is 2.63. The number of nitrogens with zero attached hydrogens (tertiary/aromatic N) is 3. The molecule has 0 amide bonds. The minimum atomic E-state index is -1.05. The number of carboxylic acid groups (broad SMARTS) is 1. The fourth-order valence-electron chi connectivity index (χ4n) is 2.71. The van der Waals surface area contributed by atoms with E-state index in [-0.39, 0.29) is 11.1 Å². The topological polar surface area (TPSA) is 84.7 Å². The normalized spacial score (nSPS) is 11.1. The van der Waals surface area contributed by atoms with Crippen molar-refractivity contribution in [1.82, 2.24) is 14.5 Å². The van der Waals surface area contributed by atoms with Crippen LogP contribution in [0.2, 0.25) is 0 Å². The number of likely N-dealkylation sites (N-methyl/N-ethyl adjacent to an activating group) is 1. The zero-order chi connectivity index (χ0) is 19.6. The van der Waals surface area contributed by atoms with Gasteiger partial charge in [0.2, 0.25) is 0 Å². The molecule has 0 spiro atoms. The highest BCUT2D eigenvalue weighted by Crippen LogP contribution is 2.19. The second-order valence-electron chi connectivity index (χ2n) is 6.56. The molecule has 7 nitrogen and oxygen atoms in total. The lowest BCUT2D eigenvalue weighted by atomic mass is 10.1. The number of benzene rings is 2. The summed E-state index contributed by atoms with van der Waals surface area (Å²) in [5, 5.41) is 9.64. The lowest BCUT2D eigenvalue weighted by Crippen LogP contribution is -2.21. The Morgan fingerprint density at radius 1 is 1.22 bits per heavy atom. The first-order valence-electron chi connectivity index (χ1n) is 8.50. The minimum absolute atomic E-state index is 0.114. The van der Waals surface area contributed by atoms with Crippen molar-refractivity contribution in [3.8, 4) is 11.4 Å². The molecule has 0 fully saturated rings. The van der Waals surface area contributed by atoms with Crippen molar-refractivity contribution in [3.05, 3.63) is 64.2 Å². The van der Waals surface area contributed by atoms with Crippen LogP contribution in [0, 0.1) is 6.92 Å². The van der Waals surface area contributed by atoms with Gasteiger partial charge in [0.1, 0.15) is 18.7 Å². The number of fused-ring (bicyclic) bond motifs is 1. The Balaban J connectivity index is 2.05. The van der Waals surface area contributed by atoms with E-state index < -0.39 is 5.97 Å². The van der Waals surface area contributed by atoms with Crippen LogP contribution in [0.15, 0.2) is 47.5 Å². The maximum absolute atomic E-state index is 13.0. The molecule has 2 aromatic carbocycles.